The SMILES string of the molecule is Cn1ccnc1[C@H](NC(=O)c1ccc(S(=O)(=O)N2CCCC2)cc1)c1ccc(F)cc1. The van der Waals surface area contributed by atoms with Gasteiger partial charge in [-0.2, -0.15) is 4.31 Å². The molecule has 1 aliphatic heterocycles. The molecule has 4 rings (SSSR count). The highest BCUT2D eigenvalue weighted by atomic mass is 32.2. The lowest BCUT2D eigenvalue weighted by molar-refractivity contribution is 0.0941. The van der Waals surface area contributed by atoms with Crippen LogP contribution in [-0.4, -0.2) is 41.3 Å². The van der Waals surface area contributed by atoms with Gasteiger partial charge in [-0.25, -0.2) is 17.8 Å². The van der Waals surface area contributed by atoms with E-state index in [4.69, 9.17) is 0 Å². The Morgan fingerprint density at radius 1 is 1.06 bits per heavy atom. The van der Waals surface area contributed by atoms with Crippen molar-refractivity contribution in [3.63, 3.8) is 0 Å². The van der Waals surface area contributed by atoms with E-state index in [2.05, 4.69) is 10.3 Å². The van der Waals surface area contributed by atoms with Gasteiger partial charge in [0.25, 0.3) is 5.91 Å². The predicted molar refractivity (Wildman–Crippen MR) is 113 cm³/mol. The number of nitrogens with one attached hydrogen (secondary N) is 1. The summed E-state index contributed by atoms with van der Waals surface area (Å²) in [5, 5.41) is 2.92. The maximum Gasteiger partial charge on any atom is 0.252 e. The van der Waals surface area contributed by atoms with Crippen LogP contribution in [0.15, 0.2) is 65.8 Å². The zero-order valence-electron chi connectivity index (χ0n) is 17.0. The summed E-state index contributed by atoms with van der Waals surface area (Å²) in [5.74, 6) is -0.167. The number of hydrogen-bond donors (Lipinski definition) is 1. The highest BCUT2D eigenvalue weighted by molar-refractivity contribution is 7.89. The third-order valence-corrected chi connectivity index (χ3v) is 7.33. The van der Waals surface area contributed by atoms with Gasteiger partial charge in [0, 0.05) is 38.1 Å². The normalized spacial score (nSPS) is 15.7. The second-order valence-electron chi connectivity index (χ2n) is 7.49. The second kappa shape index (κ2) is 8.60. The number of nitrogens with zero attached hydrogens (tertiary/aromatic N) is 3. The summed E-state index contributed by atoms with van der Waals surface area (Å²) in [6.07, 6.45) is 5.10. The second-order valence-corrected chi connectivity index (χ2v) is 9.43. The first-order valence-corrected chi connectivity index (χ1v) is 11.4. The number of carbonyl (C=O) groups is 1. The zero-order valence-corrected chi connectivity index (χ0v) is 17.8. The maximum absolute atomic E-state index is 13.4. The van der Waals surface area contributed by atoms with Crippen LogP contribution in [0.1, 0.15) is 40.6 Å². The van der Waals surface area contributed by atoms with Gasteiger partial charge < -0.3 is 9.88 Å². The lowest BCUT2D eigenvalue weighted by Gasteiger charge is -2.19. The number of amides is 1. The summed E-state index contributed by atoms with van der Waals surface area (Å²) in [6, 6.07) is 11.2. The molecule has 1 amide bonds. The molecule has 1 N–H and O–H groups in total. The number of hydrogen-bond acceptors (Lipinski definition) is 4. The third-order valence-electron chi connectivity index (χ3n) is 5.41. The van der Waals surface area contributed by atoms with Crippen LogP contribution in [0, 0.1) is 5.82 Å². The Morgan fingerprint density at radius 3 is 2.29 bits per heavy atom. The molecule has 2 aromatic carbocycles. The third kappa shape index (κ3) is 4.38. The highest BCUT2D eigenvalue weighted by Gasteiger charge is 2.27. The average molecular weight is 443 g/mol. The number of aromatic nitrogens is 2. The smallest absolute Gasteiger partial charge is 0.252 e. The van der Waals surface area contributed by atoms with Crippen molar-refractivity contribution in [1.82, 2.24) is 19.2 Å². The van der Waals surface area contributed by atoms with Gasteiger partial charge in [-0.15, -0.1) is 0 Å². The minimum Gasteiger partial charge on any atom is -0.338 e. The molecule has 0 radical (unpaired) electrons. The van der Waals surface area contributed by atoms with E-state index in [-0.39, 0.29) is 16.6 Å². The molecule has 1 aliphatic rings. The summed E-state index contributed by atoms with van der Waals surface area (Å²) < 4.78 is 42.0. The van der Waals surface area contributed by atoms with Gasteiger partial charge in [0.15, 0.2) is 0 Å². The number of aryl methyl sites for hydroxylation is 1. The first-order chi connectivity index (χ1) is 14.9. The van der Waals surface area contributed by atoms with E-state index in [1.807, 2.05) is 7.05 Å². The fourth-order valence-electron chi connectivity index (χ4n) is 3.68. The summed E-state index contributed by atoms with van der Waals surface area (Å²) in [7, 11) is -1.73. The molecule has 0 saturated carbocycles. The monoisotopic (exact) mass is 442 g/mol. The topological polar surface area (TPSA) is 84.3 Å². The highest BCUT2D eigenvalue weighted by Crippen LogP contribution is 2.23. The molecule has 31 heavy (non-hydrogen) atoms. The maximum atomic E-state index is 13.4. The molecule has 3 aromatic rings. The fraction of sp³-hybridized carbons (Fsp3) is 0.273. The lowest BCUT2D eigenvalue weighted by atomic mass is 10.1. The Kier molecular flexibility index (Phi) is 5.88. The van der Waals surface area contributed by atoms with Gasteiger partial charge >= 0.3 is 0 Å². The number of rotatable bonds is 6. The molecular formula is C22H23FN4O3S. The number of imidazole rings is 1. The number of halogens is 1. The van der Waals surface area contributed by atoms with Crippen LogP contribution in [0.25, 0.3) is 0 Å². The van der Waals surface area contributed by atoms with Crippen molar-refractivity contribution in [2.45, 2.75) is 23.8 Å². The summed E-state index contributed by atoms with van der Waals surface area (Å²) in [6.45, 7) is 1.04. The number of sulfonamides is 1. The van der Waals surface area contributed by atoms with Crippen molar-refractivity contribution in [3.8, 4) is 0 Å². The molecule has 162 valence electrons. The molecule has 1 atom stereocenters. The first kappa shape index (κ1) is 21.2. The van der Waals surface area contributed by atoms with Crippen molar-refractivity contribution < 1.29 is 17.6 Å². The van der Waals surface area contributed by atoms with Gasteiger partial charge in [0.05, 0.1) is 4.90 Å². The van der Waals surface area contributed by atoms with Crippen LogP contribution in [0.5, 0.6) is 0 Å². The van der Waals surface area contributed by atoms with Crippen molar-refractivity contribution in [3.05, 3.63) is 83.7 Å². The average Bonchev–Trinajstić information content (AvgIpc) is 3.45. The Balaban J connectivity index is 1.57. The van der Waals surface area contributed by atoms with E-state index in [0.717, 1.165) is 12.8 Å². The van der Waals surface area contributed by atoms with E-state index in [1.165, 1.54) is 40.7 Å². The minimum absolute atomic E-state index is 0.171. The van der Waals surface area contributed by atoms with E-state index >= 15 is 0 Å². The van der Waals surface area contributed by atoms with Gasteiger partial charge in [-0.3, -0.25) is 4.79 Å². The van der Waals surface area contributed by atoms with Crippen LogP contribution in [-0.2, 0) is 17.1 Å². The van der Waals surface area contributed by atoms with Crippen molar-refractivity contribution >= 4 is 15.9 Å². The molecule has 0 spiro atoms. The van der Waals surface area contributed by atoms with Crippen LogP contribution >= 0.6 is 0 Å². The van der Waals surface area contributed by atoms with E-state index in [9.17, 15) is 17.6 Å². The molecule has 0 unspecified atom stereocenters. The largest absolute Gasteiger partial charge is 0.338 e. The first-order valence-electron chi connectivity index (χ1n) is 10.00. The van der Waals surface area contributed by atoms with E-state index in [1.54, 1.807) is 29.1 Å². The van der Waals surface area contributed by atoms with E-state index in [0.29, 0.717) is 30.0 Å². The molecule has 0 bridgehead atoms. The van der Waals surface area contributed by atoms with Gasteiger partial charge in [0.1, 0.15) is 17.7 Å². The van der Waals surface area contributed by atoms with Gasteiger partial charge in [-0.05, 0) is 54.8 Å². The van der Waals surface area contributed by atoms with Crippen molar-refractivity contribution in [2.75, 3.05) is 13.1 Å². The fourth-order valence-corrected chi connectivity index (χ4v) is 5.19. The Bertz CT molecular complexity index is 1170. The molecule has 1 aromatic heterocycles. The zero-order chi connectivity index (χ0) is 22.0. The number of carbonyl (C=O) groups excluding carboxylic acids is 1. The summed E-state index contributed by atoms with van der Waals surface area (Å²) >= 11 is 0. The molecule has 2 heterocycles. The van der Waals surface area contributed by atoms with Gasteiger partial charge in [-0.1, -0.05) is 12.1 Å². The van der Waals surface area contributed by atoms with Crippen LogP contribution in [0.2, 0.25) is 0 Å². The summed E-state index contributed by atoms with van der Waals surface area (Å²) in [4.78, 5) is 17.4. The van der Waals surface area contributed by atoms with E-state index < -0.39 is 16.1 Å². The molecule has 1 saturated heterocycles. The standard InChI is InChI=1S/C22H23FN4O3S/c1-26-15-12-24-21(26)20(16-4-8-18(23)9-5-16)25-22(28)17-6-10-19(11-7-17)31(29,30)27-13-2-3-14-27/h4-12,15,20H,2-3,13-14H2,1H3,(H,25,28)/t20-/m1/s1. The minimum atomic E-state index is -3.54. The van der Waals surface area contributed by atoms with Crippen LogP contribution in [0.3, 0.4) is 0 Å². The Labute approximate surface area is 180 Å². The van der Waals surface area contributed by atoms with Crippen molar-refractivity contribution in [2.24, 2.45) is 7.05 Å². The molecular weight excluding hydrogens is 419 g/mol. The van der Waals surface area contributed by atoms with Crippen LogP contribution in [0.4, 0.5) is 4.39 Å². The Hall–Kier alpha value is -3.04. The molecule has 1 fully saturated rings. The molecule has 9 heteroatoms. The van der Waals surface area contributed by atoms with Crippen molar-refractivity contribution in [1.29, 1.82) is 0 Å². The molecule has 0 aliphatic carbocycles. The number of benzene rings is 2. The van der Waals surface area contributed by atoms with Gasteiger partial charge in [0.2, 0.25) is 10.0 Å². The molecule has 7 nitrogen and oxygen atoms in total. The summed E-state index contributed by atoms with van der Waals surface area (Å²) in [5.41, 5.74) is 0.999. The quantitative estimate of drug-likeness (QED) is 0.636. The lowest BCUT2D eigenvalue weighted by Crippen LogP contribution is -2.31. The van der Waals surface area contributed by atoms with Crippen LogP contribution < -0.4 is 5.32 Å². The predicted octanol–water partition coefficient (Wildman–Crippen LogP) is 2.86. The Morgan fingerprint density at radius 2 is 1.71 bits per heavy atom.